The molecule has 1 aliphatic rings. The third-order valence-corrected chi connectivity index (χ3v) is 3.05. The van der Waals surface area contributed by atoms with Crippen molar-refractivity contribution in [2.24, 2.45) is 0 Å². The number of aromatic amines is 1. The van der Waals surface area contributed by atoms with Gasteiger partial charge in [0.25, 0.3) is 5.56 Å². The fraction of sp³-hybridized carbons (Fsp3) is 0.333. The summed E-state index contributed by atoms with van der Waals surface area (Å²) < 4.78 is 0. The van der Waals surface area contributed by atoms with E-state index in [1.807, 2.05) is 0 Å². The predicted octanol–water partition coefficient (Wildman–Crippen LogP) is 2.66. The molecule has 0 aliphatic heterocycles. The van der Waals surface area contributed by atoms with E-state index >= 15 is 0 Å². The molecule has 0 spiro atoms. The highest BCUT2D eigenvalue weighted by molar-refractivity contribution is 7.80. The summed E-state index contributed by atoms with van der Waals surface area (Å²) in [5, 5.41) is 0.492. The number of aromatic nitrogens is 2. The van der Waals surface area contributed by atoms with E-state index in [0.717, 1.165) is 24.8 Å². The molecule has 0 radical (unpaired) electrons. The Morgan fingerprint density at radius 2 is 2.31 bits per heavy atom. The number of hydrogen-bond donors (Lipinski definition) is 2. The Labute approximate surface area is 99.7 Å². The van der Waals surface area contributed by atoms with Crippen LogP contribution in [0.2, 0.25) is 0 Å². The van der Waals surface area contributed by atoms with Crippen LogP contribution in [-0.4, -0.2) is 9.97 Å². The molecule has 0 fully saturated rings. The largest absolute Gasteiger partial charge is 0.306 e. The maximum Gasteiger partial charge on any atom is 0.259 e. The lowest BCUT2D eigenvalue weighted by Crippen LogP contribution is -2.16. The second-order valence-corrected chi connectivity index (χ2v) is 4.25. The van der Waals surface area contributed by atoms with Gasteiger partial charge < -0.3 is 4.98 Å². The van der Waals surface area contributed by atoms with Gasteiger partial charge in [-0.3, -0.25) is 4.79 Å². The Bertz CT molecular complexity index is 502. The van der Waals surface area contributed by atoms with Gasteiger partial charge in [-0.2, -0.15) is 0 Å². The van der Waals surface area contributed by atoms with Crippen molar-refractivity contribution in [3.63, 3.8) is 0 Å². The first-order valence-electron chi connectivity index (χ1n) is 5.37. The lowest BCUT2D eigenvalue weighted by Gasteiger charge is -2.13. The summed E-state index contributed by atoms with van der Waals surface area (Å²) in [5.74, 6) is 0.468. The van der Waals surface area contributed by atoms with Crippen LogP contribution >= 0.6 is 12.6 Å². The molecule has 4 heteroatoms. The lowest BCUT2D eigenvalue weighted by molar-refractivity contribution is 0.738. The number of nitrogens with zero attached hydrogens (tertiary/aromatic N) is 1. The van der Waals surface area contributed by atoms with Crippen molar-refractivity contribution in [1.29, 1.82) is 0 Å². The second-order valence-electron chi connectivity index (χ2n) is 3.83. The summed E-state index contributed by atoms with van der Waals surface area (Å²) in [4.78, 5) is 18.8. The van der Waals surface area contributed by atoms with Crippen molar-refractivity contribution in [2.75, 3.05) is 0 Å². The first kappa shape index (κ1) is 11.2. The predicted molar refractivity (Wildman–Crippen MR) is 68.6 cm³/mol. The summed E-state index contributed by atoms with van der Waals surface area (Å²) in [6, 6.07) is 0. The molecule has 0 atom stereocenters. The van der Waals surface area contributed by atoms with E-state index in [2.05, 4.69) is 35.3 Å². The van der Waals surface area contributed by atoms with Crippen LogP contribution < -0.4 is 5.56 Å². The van der Waals surface area contributed by atoms with Gasteiger partial charge in [0.05, 0.1) is 5.56 Å². The van der Waals surface area contributed by atoms with E-state index in [1.165, 1.54) is 12.5 Å². The zero-order valence-electron chi connectivity index (χ0n) is 8.99. The molecule has 0 amide bonds. The summed E-state index contributed by atoms with van der Waals surface area (Å²) in [6.45, 7) is 3.57. The highest BCUT2D eigenvalue weighted by atomic mass is 32.1. The summed E-state index contributed by atoms with van der Waals surface area (Å²) in [7, 11) is 0. The molecule has 1 N–H and O–H groups in total. The zero-order chi connectivity index (χ0) is 11.5. The molecule has 2 rings (SSSR count). The van der Waals surface area contributed by atoms with Crippen LogP contribution in [-0.2, 0) is 0 Å². The van der Waals surface area contributed by atoms with Gasteiger partial charge in [0, 0.05) is 0 Å². The van der Waals surface area contributed by atoms with Gasteiger partial charge >= 0.3 is 0 Å². The molecule has 0 saturated heterocycles. The molecule has 3 nitrogen and oxygen atoms in total. The molecule has 1 heterocycles. The first-order valence-corrected chi connectivity index (χ1v) is 5.82. The Morgan fingerprint density at radius 1 is 1.50 bits per heavy atom. The van der Waals surface area contributed by atoms with E-state index in [0.29, 0.717) is 16.4 Å². The monoisotopic (exact) mass is 234 g/mol. The molecule has 16 heavy (non-hydrogen) atoms. The Kier molecular flexibility index (Phi) is 3.29. The van der Waals surface area contributed by atoms with Crippen molar-refractivity contribution in [2.45, 2.75) is 30.7 Å². The molecule has 1 aromatic heterocycles. The summed E-state index contributed by atoms with van der Waals surface area (Å²) in [6.07, 6.45) is 7.92. The van der Waals surface area contributed by atoms with Gasteiger partial charge in [-0.05, 0) is 37.3 Å². The van der Waals surface area contributed by atoms with Gasteiger partial charge in [-0.1, -0.05) is 12.7 Å². The van der Waals surface area contributed by atoms with E-state index < -0.39 is 0 Å². The van der Waals surface area contributed by atoms with Crippen LogP contribution in [0.3, 0.4) is 0 Å². The van der Waals surface area contributed by atoms with Crippen molar-refractivity contribution < 1.29 is 0 Å². The Morgan fingerprint density at radius 3 is 2.88 bits per heavy atom. The maximum atomic E-state index is 11.9. The normalized spacial score (nSPS) is 15.7. The fourth-order valence-electron chi connectivity index (χ4n) is 1.93. The van der Waals surface area contributed by atoms with E-state index in [1.54, 1.807) is 0 Å². The third-order valence-electron chi connectivity index (χ3n) is 2.72. The topological polar surface area (TPSA) is 45.8 Å². The van der Waals surface area contributed by atoms with E-state index in [9.17, 15) is 4.79 Å². The summed E-state index contributed by atoms with van der Waals surface area (Å²) >= 11 is 4.28. The number of H-pyrrole nitrogens is 1. The smallest absolute Gasteiger partial charge is 0.259 e. The van der Waals surface area contributed by atoms with Crippen LogP contribution in [0.1, 0.15) is 37.1 Å². The van der Waals surface area contributed by atoms with Crippen molar-refractivity contribution in [3.8, 4) is 0 Å². The minimum atomic E-state index is -0.122. The fourth-order valence-corrected chi connectivity index (χ4v) is 2.28. The number of nitrogens with one attached hydrogen (secondary N) is 1. The maximum absolute atomic E-state index is 11.9. The molecule has 1 aromatic rings. The molecular weight excluding hydrogens is 220 g/mol. The van der Waals surface area contributed by atoms with Crippen molar-refractivity contribution in [3.05, 3.63) is 34.4 Å². The van der Waals surface area contributed by atoms with E-state index in [-0.39, 0.29) is 5.56 Å². The molecular formula is C12H14N2OS. The van der Waals surface area contributed by atoms with Gasteiger partial charge in [0.15, 0.2) is 0 Å². The number of rotatable bonds is 2. The van der Waals surface area contributed by atoms with Gasteiger partial charge in [0.1, 0.15) is 10.9 Å². The molecule has 1 aliphatic carbocycles. The van der Waals surface area contributed by atoms with Crippen LogP contribution in [0.25, 0.3) is 11.6 Å². The lowest BCUT2D eigenvalue weighted by atomic mass is 9.95. The first-order chi connectivity index (χ1) is 7.72. The highest BCUT2D eigenvalue weighted by Gasteiger charge is 2.14. The van der Waals surface area contributed by atoms with Gasteiger partial charge in [0.2, 0.25) is 0 Å². The molecule has 0 saturated carbocycles. The van der Waals surface area contributed by atoms with Crippen molar-refractivity contribution >= 4 is 24.3 Å². The van der Waals surface area contributed by atoms with Crippen molar-refractivity contribution in [1.82, 2.24) is 9.97 Å². The van der Waals surface area contributed by atoms with Crippen LogP contribution in [0.15, 0.2) is 22.5 Å². The third kappa shape index (κ3) is 2.11. The Hall–Kier alpha value is -1.29. The van der Waals surface area contributed by atoms with Gasteiger partial charge in [-0.15, -0.1) is 12.6 Å². The van der Waals surface area contributed by atoms with Gasteiger partial charge in [-0.25, -0.2) is 4.98 Å². The molecule has 0 aromatic carbocycles. The average molecular weight is 234 g/mol. The Balaban J connectivity index is 2.52. The second kappa shape index (κ2) is 4.70. The minimum absolute atomic E-state index is 0.122. The average Bonchev–Trinajstić information content (AvgIpc) is 2.29. The quantitative estimate of drug-likeness (QED) is 0.610. The van der Waals surface area contributed by atoms with Crippen LogP contribution in [0.5, 0.6) is 0 Å². The van der Waals surface area contributed by atoms with Crippen LogP contribution in [0.4, 0.5) is 0 Å². The SMILES string of the molecule is C=Cc1nc(S)c(C2=CCCCC2)c(=O)[nH]1. The number of allylic oxidation sites excluding steroid dienone is 2. The summed E-state index contributed by atoms with van der Waals surface area (Å²) in [5.41, 5.74) is 1.57. The highest BCUT2D eigenvalue weighted by Crippen LogP contribution is 2.27. The van der Waals surface area contributed by atoms with E-state index in [4.69, 9.17) is 0 Å². The zero-order valence-corrected chi connectivity index (χ0v) is 9.89. The van der Waals surface area contributed by atoms with Crippen LogP contribution in [0, 0.1) is 0 Å². The molecule has 84 valence electrons. The number of thiol groups is 1. The molecule has 0 unspecified atom stereocenters. The minimum Gasteiger partial charge on any atom is -0.306 e. The standard InChI is InChI=1S/C12H14N2OS/c1-2-9-13-11(15)10(12(16)14-9)8-6-4-3-5-7-8/h2,6H,1,3-5,7H2,(H2,13,14,15,16). The number of hydrogen-bond acceptors (Lipinski definition) is 3. The molecule has 0 bridgehead atoms.